The summed E-state index contributed by atoms with van der Waals surface area (Å²) in [6.45, 7) is 2.07. The maximum Gasteiger partial charge on any atom is 0.135 e. The molecule has 0 amide bonds. The Bertz CT molecular complexity index is 689. The first-order valence-electron chi connectivity index (χ1n) is 6.75. The number of aliphatic imine (C=N–C) groups is 1. The average molecular weight is 280 g/mol. The van der Waals surface area contributed by atoms with Gasteiger partial charge in [-0.1, -0.05) is 24.3 Å². The monoisotopic (exact) mass is 280 g/mol. The van der Waals surface area contributed by atoms with Crippen molar-refractivity contribution >= 4 is 23.4 Å². The second-order valence-corrected chi connectivity index (χ2v) is 4.88. The number of anilines is 2. The fraction of sp³-hybridized carbons (Fsp3) is 0.176. The fourth-order valence-electron chi connectivity index (χ4n) is 2.29. The zero-order valence-electron chi connectivity index (χ0n) is 12.6. The third-order valence-corrected chi connectivity index (χ3v) is 3.53. The number of aryl methyl sites for hydroxylation is 1. The summed E-state index contributed by atoms with van der Waals surface area (Å²) in [5.41, 5.74) is 10.4. The molecule has 21 heavy (non-hydrogen) atoms. The molecule has 2 rings (SSSR count). The molecule has 0 bridgehead atoms. The van der Waals surface area contributed by atoms with E-state index in [9.17, 15) is 0 Å². The SMILES string of the molecule is CN=C(c1ccccc1C)N(C)c1ccc(N)c(C=N)c1. The van der Waals surface area contributed by atoms with Crippen LogP contribution in [-0.2, 0) is 0 Å². The van der Waals surface area contributed by atoms with Crippen molar-refractivity contribution in [1.29, 1.82) is 5.41 Å². The molecule has 0 heterocycles. The lowest BCUT2D eigenvalue weighted by molar-refractivity contribution is 1.21. The van der Waals surface area contributed by atoms with Crippen LogP contribution in [0.15, 0.2) is 47.5 Å². The van der Waals surface area contributed by atoms with Crippen molar-refractivity contribution in [3.05, 3.63) is 59.2 Å². The molecule has 0 aromatic heterocycles. The van der Waals surface area contributed by atoms with Gasteiger partial charge in [-0.2, -0.15) is 0 Å². The number of nitrogens with zero attached hydrogens (tertiary/aromatic N) is 2. The van der Waals surface area contributed by atoms with E-state index >= 15 is 0 Å². The van der Waals surface area contributed by atoms with Crippen LogP contribution in [0.5, 0.6) is 0 Å². The van der Waals surface area contributed by atoms with Crippen LogP contribution in [0.2, 0.25) is 0 Å². The van der Waals surface area contributed by atoms with Crippen LogP contribution in [0.4, 0.5) is 11.4 Å². The van der Waals surface area contributed by atoms with Crippen molar-refractivity contribution in [2.24, 2.45) is 4.99 Å². The fourth-order valence-corrected chi connectivity index (χ4v) is 2.29. The molecule has 2 aromatic carbocycles. The van der Waals surface area contributed by atoms with Crippen LogP contribution >= 0.6 is 0 Å². The first-order valence-corrected chi connectivity index (χ1v) is 6.75. The number of nitrogen functional groups attached to an aromatic ring is 1. The van der Waals surface area contributed by atoms with Gasteiger partial charge in [-0.05, 0) is 30.7 Å². The maximum absolute atomic E-state index is 7.42. The molecule has 0 atom stereocenters. The number of rotatable bonds is 3. The molecule has 0 aliphatic carbocycles. The lowest BCUT2D eigenvalue weighted by atomic mass is 10.1. The molecule has 0 aliphatic heterocycles. The lowest BCUT2D eigenvalue weighted by Crippen LogP contribution is -2.28. The van der Waals surface area contributed by atoms with E-state index in [-0.39, 0.29) is 0 Å². The Labute approximate surface area is 125 Å². The van der Waals surface area contributed by atoms with E-state index in [1.54, 1.807) is 7.05 Å². The van der Waals surface area contributed by atoms with Gasteiger partial charge < -0.3 is 16.0 Å². The zero-order chi connectivity index (χ0) is 15.4. The standard InChI is InChI=1S/C17H20N4/c1-12-6-4-5-7-15(12)17(20-2)21(3)14-8-9-16(19)13(10-14)11-18/h4-11,18H,19H2,1-3H3. The minimum Gasteiger partial charge on any atom is -0.398 e. The minimum absolute atomic E-state index is 0.605. The third-order valence-electron chi connectivity index (χ3n) is 3.53. The van der Waals surface area contributed by atoms with Crippen LogP contribution in [0.1, 0.15) is 16.7 Å². The van der Waals surface area contributed by atoms with Crippen molar-refractivity contribution in [2.45, 2.75) is 6.92 Å². The molecule has 0 radical (unpaired) electrons. The smallest absolute Gasteiger partial charge is 0.135 e. The highest BCUT2D eigenvalue weighted by Gasteiger charge is 2.13. The summed E-state index contributed by atoms with van der Waals surface area (Å²) in [6.07, 6.45) is 1.27. The molecule has 4 heteroatoms. The Balaban J connectivity index is 2.44. The second kappa shape index (κ2) is 6.22. The molecular weight excluding hydrogens is 260 g/mol. The van der Waals surface area contributed by atoms with Gasteiger partial charge in [0.1, 0.15) is 5.84 Å². The third kappa shape index (κ3) is 2.94. The molecule has 0 spiro atoms. The van der Waals surface area contributed by atoms with Gasteiger partial charge in [0.2, 0.25) is 0 Å². The van der Waals surface area contributed by atoms with Crippen molar-refractivity contribution in [1.82, 2.24) is 0 Å². The van der Waals surface area contributed by atoms with Crippen LogP contribution in [0.25, 0.3) is 0 Å². The molecular formula is C17H20N4. The van der Waals surface area contributed by atoms with E-state index < -0.39 is 0 Å². The van der Waals surface area contributed by atoms with Crippen molar-refractivity contribution in [3.8, 4) is 0 Å². The van der Waals surface area contributed by atoms with Crippen molar-refractivity contribution in [3.63, 3.8) is 0 Å². The van der Waals surface area contributed by atoms with E-state index in [2.05, 4.69) is 24.0 Å². The normalized spacial score (nSPS) is 11.3. The quantitative estimate of drug-likeness (QED) is 0.515. The van der Waals surface area contributed by atoms with Gasteiger partial charge in [0, 0.05) is 42.8 Å². The summed E-state index contributed by atoms with van der Waals surface area (Å²) in [5.74, 6) is 0.883. The molecule has 0 unspecified atom stereocenters. The Kier molecular flexibility index (Phi) is 4.38. The lowest BCUT2D eigenvalue weighted by Gasteiger charge is -2.23. The molecule has 0 fully saturated rings. The highest BCUT2D eigenvalue weighted by Crippen LogP contribution is 2.22. The highest BCUT2D eigenvalue weighted by atomic mass is 15.2. The summed E-state index contributed by atoms with van der Waals surface area (Å²) in [6, 6.07) is 13.8. The van der Waals surface area contributed by atoms with Gasteiger partial charge in [-0.3, -0.25) is 4.99 Å². The summed E-state index contributed by atoms with van der Waals surface area (Å²) in [4.78, 5) is 6.44. The molecule has 0 saturated carbocycles. The van der Waals surface area contributed by atoms with Crippen LogP contribution < -0.4 is 10.6 Å². The van der Waals surface area contributed by atoms with E-state index in [1.807, 2.05) is 42.3 Å². The average Bonchev–Trinajstić information content (AvgIpc) is 2.50. The van der Waals surface area contributed by atoms with Gasteiger partial charge >= 0.3 is 0 Å². The Morgan fingerprint density at radius 3 is 2.57 bits per heavy atom. The number of amidine groups is 1. The first kappa shape index (κ1) is 14.8. The number of nitrogens with two attached hydrogens (primary N) is 1. The summed E-state index contributed by atoms with van der Waals surface area (Å²) in [5, 5.41) is 7.42. The van der Waals surface area contributed by atoms with Crippen LogP contribution in [-0.4, -0.2) is 26.1 Å². The number of hydrogen-bond donors (Lipinski definition) is 2. The molecule has 3 N–H and O–H groups in total. The zero-order valence-corrected chi connectivity index (χ0v) is 12.6. The topological polar surface area (TPSA) is 65.5 Å². The van der Waals surface area contributed by atoms with E-state index in [0.29, 0.717) is 11.3 Å². The van der Waals surface area contributed by atoms with Gasteiger partial charge in [-0.15, -0.1) is 0 Å². The largest absolute Gasteiger partial charge is 0.398 e. The van der Waals surface area contributed by atoms with Crippen LogP contribution in [0.3, 0.4) is 0 Å². The second-order valence-electron chi connectivity index (χ2n) is 4.88. The Hall–Kier alpha value is -2.62. The van der Waals surface area contributed by atoms with E-state index in [4.69, 9.17) is 11.1 Å². The summed E-state index contributed by atoms with van der Waals surface area (Å²) >= 11 is 0. The Morgan fingerprint density at radius 1 is 1.24 bits per heavy atom. The molecule has 0 aliphatic rings. The number of nitrogens with one attached hydrogen (secondary N) is 1. The predicted octanol–water partition coefficient (Wildman–Crippen LogP) is 3.09. The maximum atomic E-state index is 7.42. The van der Waals surface area contributed by atoms with E-state index in [0.717, 1.165) is 17.1 Å². The van der Waals surface area contributed by atoms with E-state index in [1.165, 1.54) is 11.8 Å². The Morgan fingerprint density at radius 2 is 1.95 bits per heavy atom. The number of hydrogen-bond acceptors (Lipinski definition) is 3. The summed E-state index contributed by atoms with van der Waals surface area (Å²) < 4.78 is 0. The molecule has 2 aromatic rings. The summed E-state index contributed by atoms with van der Waals surface area (Å²) in [7, 11) is 3.75. The number of benzene rings is 2. The van der Waals surface area contributed by atoms with Gasteiger partial charge in [0.15, 0.2) is 0 Å². The first-order chi connectivity index (χ1) is 10.1. The van der Waals surface area contributed by atoms with Crippen molar-refractivity contribution < 1.29 is 0 Å². The van der Waals surface area contributed by atoms with Gasteiger partial charge in [0.25, 0.3) is 0 Å². The molecule has 108 valence electrons. The minimum atomic E-state index is 0.605. The highest BCUT2D eigenvalue weighted by molar-refractivity contribution is 6.10. The van der Waals surface area contributed by atoms with Gasteiger partial charge in [0.05, 0.1) is 0 Å². The molecule has 0 saturated heterocycles. The molecule has 4 nitrogen and oxygen atoms in total. The van der Waals surface area contributed by atoms with Crippen LogP contribution in [0, 0.1) is 12.3 Å². The van der Waals surface area contributed by atoms with Crippen molar-refractivity contribution in [2.75, 3.05) is 24.7 Å². The van der Waals surface area contributed by atoms with Gasteiger partial charge in [-0.25, -0.2) is 0 Å². The predicted molar refractivity (Wildman–Crippen MR) is 90.8 cm³/mol.